The molecule has 0 radical (unpaired) electrons. The second kappa shape index (κ2) is 12.7. The van der Waals surface area contributed by atoms with Gasteiger partial charge in [-0.05, 0) is 63.7 Å². The highest BCUT2D eigenvalue weighted by atomic mass is 16.3. The number of piperidine rings is 1. The van der Waals surface area contributed by atoms with E-state index in [1.54, 1.807) is 0 Å². The Balaban J connectivity index is 1.70. The van der Waals surface area contributed by atoms with Gasteiger partial charge in [-0.25, -0.2) is 0 Å². The van der Waals surface area contributed by atoms with Gasteiger partial charge in [-0.15, -0.1) is 0 Å². The van der Waals surface area contributed by atoms with E-state index in [1.807, 2.05) is 18.2 Å². The van der Waals surface area contributed by atoms with Crippen LogP contribution in [0.3, 0.4) is 0 Å². The van der Waals surface area contributed by atoms with Crippen LogP contribution in [0, 0.1) is 5.92 Å². The quantitative estimate of drug-likeness (QED) is 0.335. The molecule has 1 unspecified atom stereocenters. The number of benzene rings is 1. The summed E-state index contributed by atoms with van der Waals surface area (Å²) < 4.78 is 0. The van der Waals surface area contributed by atoms with E-state index >= 15 is 0 Å². The van der Waals surface area contributed by atoms with Gasteiger partial charge in [0, 0.05) is 19.0 Å². The molecule has 1 fully saturated rings. The van der Waals surface area contributed by atoms with Crippen LogP contribution in [0.15, 0.2) is 35.3 Å². The number of aliphatic hydroxyl groups excluding tert-OH is 1. The van der Waals surface area contributed by atoms with E-state index in [1.165, 1.54) is 38.9 Å². The number of hydrogen-bond acceptors (Lipinski definition) is 3. The minimum Gasteiger partial charge on any atom is -0.396 e. The molecule has 1 aromatic rings. The summed E-state index contributed by atoms with van der Waals surface area (Å²) in [6, 6.07) is 10.1. The summed E-state index contributed by atoms with van der Waals surface area (Å²) in [5.41, 5.74) is 1.13. The molecule has 5 nitrogen and oxygen atoms in total. The predicted octanol–water partition coefficient (Wildman–Crippen LogP) is 2.83. The molecule has 0 aliphatic carbocycles. The highest BCUT2D eigenvalue weighted by Gasteiger charge is 2.14. The van der Waals surface area contributed by atoms with Crippen LogP contribution >= 0.6 is 0 Å². The van der Waals surface area contributed by atoms with Crippen molar-refractivity contribution >= 4 is 5.96 Å². The van der Waals surface area contributed by atoms with Crippen LogP contribution in [0.25, 0.3) is 0 Å². The molecule has 0 spiro atoms. The van der Waals surface area contributed by atoms with Crippen molar-refractivity contribution in [2.45, 2.75) is 45.4 Å². The van der Waals surface area contributed by atoms with E-state index in [-0.39, 0.29) is 12.5 Å². The molecule has 0 aromatic heterocycles. The zero-order chi connectivity index (χ0) is 19.3. The second-order valence-electron chi connectivity index (χ2n) is 7.67. The molecule has 0 saturated carbocycles. The van der Waals surface area contributed by atoms with Gasteiger partial charge < -0.3 is 20.6 Å². The topological polar surface area (TPSA) is 59.9 Å². The Morgan fingerprint density at radius 1 is 1.19 bits per heavy atom. The predicted molar refractivity (Wildman–Crippen MR) is 114 cm³/mol. The summed E-state index contributed by atoms with van der Waals surface area (Å²) in [6.07, 6.45) is 5.08. The largest absolute Gasteiger partial charge is 0.396 e. The Hall–Kier alpha value is -1.59. The van der Waals surface area contributed by atoms with Gasteiger partial charge in [0.2, 0.25) is 0 Å². The fraction of sp³-hybridized carbons (Fsp3) is 0.682. The first-order valence-electron chi connectivity index (χ1n) is 10.6. The lowest BCUT2D eigenvalue weighted by Crippen LogP contribution is -2.38. The number of aliphatic hydroxyl groups is 1. The Morgan fingerprint density at radius 2 is 1.93 bits per heavy atom. The van der Waals surface area contributed by atoms with Crippen molar-refractivity contribution in [3.63, 3.8) is 0 Å². The van der Waals surface area contributed by atoms with E-state index < -0.39 is 0 Å². The summed E-state index contributed by atoms with van der Waals surface area (Å²) in [7, 11) is 0. The minimum absolute atomic E-state index is 0.0446. The van der Waals surface area contributed by atoms with Crippen LogP contribution in [0.1, 0.15) is 51.0 Å². The lowest BCUT2D eigenvalue weighted by molar-refractivity contribution is 0.189. The third-order valence-corrected chi connectivity index (χ3v) is 5.38. The highest BCUT2D eigenvalue weighted by molar-refractivity contribution is 5.79. The summed E-state index contributed by atoms with van der Waals surface area (Å²) >= 11 is 0. The molecular formula is C22H38N4O. The molecule has 5 heteroatoms. The third kappa shape index (κ3) is 8.31. The number of guanidine groups is 1. The molecule has 1 aliphatic rings. The van der Waals surface area contributed by atoms with E-state index in [0.29, 0.717) is 6.54 Å². The number of unbranched alkanes of at least 4 members (excludes halogenated alkanes) is 1. The number of rotatable bonds is 10. The maximum absolute atomic E-state index is 9.69. The SMILES string of the molecule is CCNC(=NCC(CO)c1ccccc1)NCCCCN1CCC(C)CC1. The average Bonchev–Trinajstić information content (AvgIpc) is 2.70. The summed E-state index contributed by atoms with van der Waals surface area (Å²) in [5, 5.41) is 16.4. The maximum atomic E-state index is 9.69. The van der Waals surface area contributed by atoms with Crippen molar-refractivity contribution in [2.24, 2.45) is 10.9 Å². The molecule has 2 rings (SSSR count). The normalized spacial score (nSPS) is 17.7. The molecule has 152 valence electrons. The molecular weight excluding hydrogens is 336 g/mol. The van der Waals surface area contributed by atoms with Crippen molar-refractivity contribution in [3.05, 3.63) is 35.9 Å². The monoisotopic (exact) mass is 374 g/mol. The van der Waals surface area contributed by atoms with Crippen LogP contribution in [-0.2, 0) is 0 Å². The zero-order valence-electron chi connectivity index (χ0n) is 17.2. The second-order valence-corrected chi connectivity index (χ2v) is 7.67. The zero-order valence-corrected chi connectivity index (χ0v) is 17.2. The van der Waals surface area contributed by atoms with Crippen molar-refractivity contribution in [1.29, 1.82) is 0 Å². The fourth-order valence-electron chi connectivity index (χ4n) is 3.49. The molecule has 1 aromatic carbocycles. The van der Waals surface area contributed by atoms with Gasteiger partial charge in [0.05, 0.1) is 13.2 Å². The molecule has 1 aliphatic heterocycles. The molecule has 1 heterocycles. The smallest absolute Gasteiger partial charge is 0.191 e. The molecule has 3 N–H and O–H groups in total. The first-order chi connectivity index (χ1) is 13.2. The van der Waals surface area contributed by atoms with E-state index in [0.717, 1.165) is 37.0 Å². The van der Waals surface area contributed by atoms with Gasteiger partial charge in [0.15, 0.2) is 5.96 Å². The lowest BCUT2D eigenvalue weighted by Gasteiger charge is -2.30. The Morgan fingerprint density at radius 3 is 2.59 bits per heavy atom. The van der Waals surface area contributed by atoms with Crippen LogP contribution < -0.4 is 10.6 Å². The molecule has 0 bridgehead atoms. The fourth-order valence-corrected chi connectivity index (χ4v) is 3.49. The van der Waals surface area contributed by atoms with Crippen LogP contribution in [0.5, 0.6) is 0 Å². The van der Waals surface area contributed by atoms with Gasteiger partial charge >= 0.3 is 0 Å². The Kier molecular flexibility index (Phi) is 10.2. The standard InChI is InChI=1S/C22H38N4O/c1-3-23-22(25-17-21(18-27)20-9-5-4-6-10-20)24-13-7-8-14-26-15-11-19(2)12-16-26/h4-6,9-10,19,21,27H,3,7-8,11-18H2,1-2H3,(H2,23,24,25). The van der Waals surface area contributed by atoms with Gasteiger partial charge in [-0.1, -0.05) is 37.3 Å². The van der Waals surface area contributed by atoms with Crippen molar-refractivity contribution in [3.8, 4) is 0 Å². The summed E-state index contributed by atoms with van der Waals surface area (Å²) in [6.45, 7) is 10.7. The summed E-state index contributed by atoms with van der Waals surface area (Å²) in [5.74, 6) is 1.79. The lowest BCUT2D eigenvalue weighted by atomic mass is 9.99. The first-order valence-corrected chi connectivity index (χ1v) is 10.6. The Labute approximate surface area is 165 Å². The van der Waals surface area contributed by atoms with Crippen LogP contribution in [0.2, 0.25) is 0 Å². The van der Waals surface area contributed by atoms with Gasteiger partial charge in [-0.2, -0.15) is 0 Å². The van der Waals surface area contributed by atoms with E-state index in [2.05, 4.69) is 46.5 Å². The highest BCUT2D eigenvalue weighted by Crippen LogP contribution is 2.16. The molecule has 27 heavy (non-hydrogen) atoms. The number of hydrogen-bond donors (Lipinski definition) is 3. The van der Waals surface area contributed by atoms with Gasteiger partial charge in [0.25, 0.3) is 0 Å². The number of nitrogens with one attached hydrogen (secondary N) is 2. The van der Waals surface area contributed by atoms with E-state index in [4.69, 9.17) is 0 Å². The number of aliphatic imine (C=N–C) groups is 1. The van der Waals surface area contributed by atoms with E-state index in [9.17, 15) is 5.11 Å². The van der Waals surface area contributed by atoms with Gasteiger partial charge in [0.1, 0.15) is 0 Å². The first kappa shape index (κ1) is 21.7. The van der Waals surface area contributed by atoms with Crippen molar-refractivity contribution in [1.82, 2.24) is 15.5 Å². The van der Waals surface area contributed by atoms with Crippen LogP contribution in [0.4, 0.5) is 0 Å². The van der Waals surface area contributed by atoms with Gasteiger partial charge in [-0.3, -0.25) is 4.99 Å². The van der Waals surface area contributed by atoms with Crippen molar-refractivity contribution < 1.29 is 5.11 Å². The summed E-state index contributed by atoms with van der Waals surface area (Å²) in [4.78, 5) is 7.28. The third-order valence-electron chi connectivity index (χ3n) is 5.38. The maximum Gasteiger partial charge on any atom is 0.191 e. The Bertz CT molecular complexity index is 526. The average molecular weight is 375 g/mol. The number of likely N-dealkylation sites (tertiary alicyclic amines) is 1. The number of nitrogens with zero attached hydrogens (tertiary/aromatic N) is 2. The minimum atomic E-state index is 0.0446. The molecule has 1 atom stereocenters. The van der Waals surface area contributed by atoms with Crippen LogP contribution in [-0.4, -0.2) is 61.8 Å². The molecule has 1 saturated heterocycles. The molecule has 0 amide bonds. The van der Waals surface area contributed by atoms with Crippen molar-refractivity contribution in [2.75, 3.05) is 45.9 Å².